The molecular formula is C22H18Cl2N2O2S. The molecule has 0 saturated carbocycles. The molecule has 29 heavy (non-hydrogen) atoms. The zero-order valence-electron chi connectivity index (χ0n) is 15.7. The molecule has 0 unspecified atom stereocenters. The van der Waals surface area contributed by atoms with Crippen molar-refractivity contribution in [3.8, 4) is 0 Å². The van der Waals surface area contributed by atoms with Gasteiger partial charge < -0.3 is 9.30 Å². The fraction of sp³-hybridized carbons (Fsp3) is 0.182. The third-order valence-electron chi connectivity index (χ3n) is 4.54. The number of rotatable bonds is 5. The van der Waals surface area contributed by atoms with E-state index < -0.39 is 0 Å². The molecule has 0 atom stereocenters. The summed E-state index contributed by atoms with van der Waals surface area (Å²) >= 11 is 13.6. The second-order valence-corrected chi connectivity index (χ2v) is 8.29. The van der Waals surface area contributed by atoms with Gasteiger partial charge in [-0.05, 0) is 36.6 Å². The van der Waals surface area contributed by atoms with Gasteiger partial charge in [0.1, 0.15) is 0 Å². The molecule has 0 saturated heterocycles. The predicted octanol–water partition coefficient (Wildman–Crippen LogP) is 5.94. The molecule has 4 rings (SSSR count). The third kappa shape index (κ3) is 4.23. The van der Waals surface area contributed by atoms with E-state index in [2.05, 4.69) is 29.3 Å². The summed E-state index contributed by atoms with van der Waals surface area (Å²) in [6.45, 7) is 3.74. The van der Waals surface area contributed by atoms with Crippen molar-refractivity contribution < 1.29 is 9.53 Å². The number of thiazole rings is 1. The van der Waals surface area contributed by atoms with E-state index in [1.165, 1.54) is 11.3 Å². The van der Waals surface area contributed by atoms with Crippen LogP contribution in [0.1, 0.15) is 17.3 Å². The average molecular weight is 445 g/mol. The Hall–Kier alpha value is -2.18. The molecular weight excluding hydrogens is 427 g/mol. The van der Waals surface area contributed by atoms with Gasteiger partial charge in [0, 0.05) is 34.1 Å². The first-order valence-corrected chi connectivity index (χ1v) is 10.8. The summed E-state index contributed by atoms with van der Waals surface area (Å²) in [7, 11) is 0. The molecule has 0 bridgehead atoms. The number of hydrogen-bond donors (Lipinski definition) is 0. The van der Waals surface area contributed by atoms with Crippen molar-refractivity contribution in [2.24, 2.45) is 4.99 Å². The van der Waals surface area contributed by atoms with E-state index in [0.29, 0.717) is 40.2 Å². The van der Waals surface area contributed by atoms with Crippen LogP contribution in [0.5, 0.6) is 0 Å². The van der Waals surface area contributed by atoms with Crippen molar-refractivity contribution in [1.29, 1.82) is 0 Å². The molecule has 1 aromatic heterocycles. The minimum absolute atomic E-state index is 0.362. The summed E-state index contributed by atoms with van der Waals surface area (Å²) in [5.41, 5.74) is 1.39. The van der Waals surface area contributed by atoms with Gasteiger partial charge in [-0.3, -0.25) is 4.79 Å². The predicted molar refractivity (Wildman–Crippen MR) is 120 cm³/mol. The quantitative estimate of drug-likeness (QED) is 0.357. The highest BCUT2D eigenvalue weighted by molar-refractivity contribution is 7.17. The smallest absolute Gasteiger partial charge is 0.279 e. The van der Waals surface area contributed by atoms with Crippen LogP contribution in [0.4, 0.5) is 0 Å². The SMILES string of the molecule is CCOCCn1c(=NC(=O)c2cc(Cl)cc(Cl)c2)sc2c3ccccc3ccc21. The maximum Gasteiger partial charge on any atom is 0.279 e. The zero-order valence-corrected chi connectivity index (χ0v) is 18.0. The Morgan fingerprint density at radius 2 is 1.86 bits per heavy atom. The highest BCUT2D eigenvalue weighted by Gasteiger charge is 2.12. The van der Waals surface area contributed by atoms with Crippen LogP contribution in [0, 0.1) is 0 Å². The van der Waals surface area contributed by atoms with Crippen LogP contribution in [0.2, 0.25) is 10.0 Å². The number of fused-ring (bicyclic) bond motifs is 3. The molecule has 0 N–H and O–H groups in total. The number of carbonyl (C=O) groups is 1. The highest BCUT2D eigenvalue weighted by Crippen LogP contribution is 2.28. The molecule has 0 fully saturated rings. The summed E-state index contributed by atoms with van der Waals surface area (Å²) in [5, 5.41) is 3.10. The van der Waals surface area contributed by atoms with E-state index in [4.69, 9.17) is 27.9 Å². The van der Waals surface area contributed by atoms with Crippen LogP contribution in [0.3, 0.4) is 0 Å². The van der Waals surface area contributed by atoms with Crippen LogP contribution in [-0.2, 0) is 11.3 Å². The van der Waals surface area contributed by atoms with Gasteiger partial charge in [-0.15, -0.1) is 0 Å². The van der Waals surface area contributed by atoms with E-state index >= 15 is 0 Å². The summed E-state index contributed by atoms with van der Waals surface area (Å²) in [6, 6.07) is 17.1. The molecule has 4 nitrogen and oxygen atoms in total. The maximum absolute atomic E-state index is 12.8. The second-order valence-electron chi connectivity index (χ2n) is 6.44. The maximum atomic E-state index is 12.8. The lowest BCUT2D eigenvalue weighted by Crippen LogP contribution is -2.19. The Labute approximate surface area is 182 Å². The van der Waals surface area contributed by atoms with E-state index in [0.717, 1.165) is 21.0 Å². The molecule has 3 aromatic carbocycles. The largest absolute Gasteiger partial charge is 0.380 e. The van der Waals surface area contributed by atoms with Crippen LogP contribution in [0.15, 0.2) is 59.6 Å². The van der Waals surface area contributed by atoms with Gasteiger partial charge in [-0.25, -0.2) is 0 Å². The number of aromatic nitrogens is 1. The van der Waals surface area contributed by atoms with Crippen LogP contribution < -0.4 is 4.80 Å². The number of hydrogen-bond acceptors (Lipinski definition) is 3. The van der Waals surface area contributed by atoms with Crippen molar-refractivity contribution in [1.82, 2.24) is 4.57 Å². The van der Waals surface area contributed by atoms with Crippen molar-refractivity contribution in [2.45, 2.75) is 13.5 Å². The number of nitrogens with zero attached hydrogens (tertiary/aromatic N) is 2. The van der Waals surface area contributed by atoms with Crippen molar-refractivity contribution in [3.63, 3.8) is 0 Å². The lowest BCUT2D eigenvalue weighted by atomic mass is 10.1. The second kappa shape index (κ2) is 8.67. The molecule has 0 radical (unpaired) electrons. The van der Waals surface area contributed by atoms with Gasteiger partial charge in [0.25, 0.3) is 5.91 Å². The molecule has 148 valence electrons. The van der Waals surface area contributed by atoms with Gasteiger partial charge >= 0.3 is 0 Å². The van der Waals surface area contributed by atoms with E-state index in [1.54, 1.807) is 18.2 Å². The molecule has 1 heterocycles. The minimum atomic E-state index is -0.379. The summed E-state index contributed by atoms with van der Waals surface area (Å²) in [6.07, 6.45) is 0. The molecule has 1 amide bonds. The number of benzene rings is 3. The van der Waals surface area contributed by atoms with Gasteiger partial charge in [-0.1, -0.05) is 64.9 Å². The van der Waals surface area contributed by atoms with E-state index in [1.807, 2.05) is 23.6 Å². The highest BCUT2D eigenvalue weighted by atomic mass is 35.5. The number of carbonyl (C=O) groups excluding carboxylic acids is 1. The van der Waals surface area contributed by atoms with Crippen LogP contribution >= 0.6 is 34.5 Å². The first-order chi connectivity index (χ1) is 14.1. The number of amides is 1. The fourth-order valence-corrected chi connectivity index (χ4v) is 4.94. The molecule has 0 spiro atoms. The van der Waals surface area contributed by atoms with E-state index in [9.17, 15) is 4.79 Å². The Kier molecular flexibility index (Phi) is 6.01. The molecule has 7 heteroatoms. The van der Waals surface area contributed by atoms with Gasteiger partial charge in [0.15, 0.2) is 4.80 Å². The molecule has 0 aliphatic carbocycles. The fourth-order valence-electron chi connectivity index (χ4n) is 3.23. The van der Waals surface area contributed by atoms with Gasteiger partial charge in [0.2, 0.25) is 0 Å². The zero-order chi connectivity index (χ0) is 20.4. The lowest BCUT2D eigenvalue weighted by Gasteiger charge is -2.06. The van der Waals surface area contributed by atoms with E-state index in [-0.39, 0.29) is 5.91 Å². The summed E-state index contributed by atoms with van der Waals surface area (Å²) in [5.74, 6) is -0.379. The van der Waals surface area contributed by atoms with Gasteiger partial charge in [-0.2, -0.15) is 4.99 Å². The number of ether oxygens (including phenoxy) is 1. The minimum Gasteiger partial charge on any atom is -0.380 e. The Morgan fingerprint density at radius 3 is 2.62 bits per heavy atom. The van der Waals surface area contributed by atoms with Gasteiger partial charge in [0.05, 0.1) is 16.8 Å². The van der Waals surface area contributed by atoms with Crippen LogP contribution in [-0.4, -0.2) is 23.7 Å². The summed E-state index contributed by atoms with van der Waals surface area (Å²) < 4.78 is 8.67. The molecule has 0 aliphatic rings. The first-order valence-electron chi connectivity index (χ1n) is 9.21. The topological polar surface area (TPSA) is 43.6 Å². The summed E-state index contributed by atoms with van der Waals surface area (Å²) in [4.78, 5) is 17.8. The van der Waals surface area contributed by atoms with Crippen molar-refractivity contribution in [3.05, 3.63) is 75.0 Å². The average Bonchev–Trinajstić information content (AvgIpc) is 3.05. The standard InChI is InChI=1S/C22H18Cl2N2O2S/c1-2-28-10-9-26-19-8-7-14-5-3-4-6-18(14)20(19)29-22(26)25-21(27)15-11-16(23)13-17(24)12-15/h3-8,11-13H,2,9-10H2,1H3. The Bertz CT molecular complexity index is 1260. The lowest BCUT2D eigenvalue weighted by molar-refractivity contribution is 0.0996. The first kappa shape index (κ1) is 20.1. The normalized spacial score (nSPS) is 12.2. The Balaban J connectivity index is 1.89. The molecule has 4 aromatic rings. The Morgan fingerprint density at radius 1 is 1.10 bits per heavy atom. The monoisotopic (exact) mass is 444 g/mol. The third-order valence-corrected chi connectivity index (χ3v) is 6.11. The molecule has 0 aliphatic heterocycles. The number of halogens is 2. The van der Waals surface area contributed by atoms with Crippen molar-refractivity contribution >= 4 is 61.4 Å². The van der Waals surface area contributed by atoms with Crippen molar-refractivity contribution in [2.75, 3.05) is 13.2 Å². The van der Waals surface area contributed by atoms with Crippen LogP contribution in [0.25, 0.3) is 21.0 Å².